The molecule has 2 nitrogen and oxygen atoms in total. The van der Waals surface area contributed by atoms with E-state index in [1.165, 1.54) is 65.3 Å². The van der Waals surface area contributed by atoms with Gasteiger partial charge < -0.3 is 4.57 Å². The van der Waals surface area contributed by atoms with E-state index >= 15 is 0 Å². The minimum Gasteiger partial charge on any atom is -0.309 e. The zero-order valence-electron chi connectivity index (χ0n) is 33.3. The van der Waals surface area contributed by atoms with Gasteiger partial charge in [0.05, 0.1) is 16.9 Å². The molecule has 11 rings (SSSR count). The van der Waals surface area contributed by atoms with Gasteiger partial charge in [-0.25, -0.2) is 0 Å². The van der Waals surface area contributed by atoms with Gasteiger partial charge in [0.2, 0.25) is 0 Å². The van der Waals surface area contributed by atoms with Crippen LogP contribution in [-0.4, -0.2) is 9.55 Å². The lowest BCUT2D eigenvalue weighted by Gasteiger charge is -2.19. The van der Waals surface area contributed by atoms with Gasteiger partial charge in [-0.1, -0.05) is 176 Å². The van der Waals surface area contributed by atoms with Crippen molar-refractivity contribution in [1.82, 2.24) is 9.55 Å². The van der Waals surface area contributed by atoms with Crippen LogP contribution in [0.1, 0.15) is 23.7 Å². The summed E-state index contributed by atoms with van der Waals surface area (Å²) in [6.45, 7) is 2.09. The third kappa shape index (κ3) is 6.01. The largest absolute Gasteiger partial charge is 0.309 e. The molecule has 0 amide bonds. The first-order valence-electron chi connectivity index (χ1n) is 20.7. The highest BCUT2D eigenvalue weighted by atomic mass is 15.0. The first-order chi connectivity index (χ1) is 29.7. The molecule has 0 N–H and O–H groups in total. The van der Waals surface area contributed by atoms with Gasteiger partial charge >= 0.3 is 0 Å². The smallest absolute Gasteiger partial charge is 0.0802 e. The predicted molar refractivity (Wildman–Crippen MR) is 257 cm³/mol. The number of hydrogen-bond acceptors (Lipinski definition) is 1. The summed E-state index contributed by atoms with van der Waals surface area (Å²) in [7, 11) is 0. The molecule has 2 heteroatoms. The molecule has 0 saturated heterocycles. The maximum atomic E-state index is 5.02. The Morgan fingerprint density at radius 3 is 1.65 bits per heavy atom. The average molecular weight is 765 g/mol. The maximum Gasteiger partial charge on any atom is 0.0802 e. The van der Waals surface area contributed by atoms with Crippen LogP contribution in [0.4, 0.5) is 0 Å². The molecule has 9 aromatic carbocycles. The molecule has 0 spiro atoms. The highest BCUT2D eigenvalue weighted by molar-refractivity contribution is 6.22. The quantitative estimate of drug-likeness (QED) is 0.148. The Bertz CT molecular complexity index is 3480. The van der Waals surface area contributed by atoms with Crippen LogP contribution in [-0.2, 0) is 0 Å². The highest BCUT2D eigenvalue weighted by Gasteiger charge is 2.21. The molecule has 2 heterocycles. The number of pyridine rings is 1. The Labute approximate surface area is 349 Å². The van der Waals surface area contributed by atoms with Crippen LogP contribution in [0.5, 0.6) is 0 Å². The number of rotatable bonds is 7. The molecule has 0 aliphatic carbocycles. The van der Waals surface area contributed by atoms with E-state index in [0.717, 1.165) is 44.7 Å². The summed E-state index contributed by atoms with van der Waals surface area (Å²) in [5.74, 6) is 0. The lowest BCUT2D eigenvalue weighted by atomic mass is 9.84. The number of allylic oxidation sites excluding steroid dienone is 1. The van der Waals surface area contributed by atoms with Gasteiger partial charge in [0, 0.05) is 28.4 Å². The molecule has 2 aromatic heterocycles. The number of para-hydroxylation sites is 1. The van der Waals surface area contributed by atoms with E-state index in [9.17, 15) is 0 Å². The van der Waals surface area contributed by atoms with Crippen molar-refractivity contribution in [3.8, 4) is 39.2 Å². The second-order valence-electron chi connectivity index (χ2n) is 15.4. The van der Waals surface area contributed by atoms with Crippen molar-refractivity contribution in [3.63, 3.8) is 0 Å². The molecular weight excluding hydrogens is 725 g/mol. The van der Waals surface area contributed by atoms with E-state index < -0.39 is 0 Å². The Morgan fingerprint density at radius 2 is 1.00 bits per heavy atom. The molecule has 282 valence electrons. The molecule has 0 radical (unpaired) electrons. The van der Waals surface area contributed by atoms with Crippen LogP contribution >= 0.6 is 0 Å². The Hall–Kier alpha value is -7.81. The van der Waals surface area contributed by atoms with E-state index in [1.54, 1.807) is 0 Å². The highest BCUT2D eigenvalue weighted by Crippen LogP contribution is 2.45. The first kappa shape index (κ1) is 35.4. The van der Waals surface area contributed by atoms with E-state index in [4.69, 9.17) is 4.98 Å². The Balaban J connectivity index is 1.18. The van der Waals surface area contributed by atoms with Crippen LogP contribution in [0.3, 0.4) is 0 Å². The average Bonchev–Trinajstić information content (AvgIpc) is 3.63. The van der Waals surface area contributed by atoms with E-state index in [2.05, 4.69) is 230 Å². The SMILES string of the molecule is C/C=C\c1c(/C=C/c2ccc3c(-c4ccc5ccccc5c4)c4ccccc4c(-c4ccc5ccccc5c4)c3c2)c2c(-c3ccccc3)nccc2n1-c1ccccc1. The molecule has 0 atom stereocenters. The molecule has 11 aromatic rings. The van der Waals surface area contributed by atoms with Gasteiger partial charge in [0.1, 0.15) is 0 Å². The molecule has 0 bridgehead atoms. The van der Waals surface area contributed by atoms with Crippen LogP contribution in [0.25, 0.3) is 111 Å². The summed E-state index contributed by atoms with van der Waals surface area (Å²) < 4.78 is 2.36. The lowest BCUT2D eigenvalue weighted by molar-refractivity contribution is 1.10. The van der Waals surface area contributed by atoms with Crippen molar-refractivity contribution in [2.75, 3.05) is 0 Å². The van der Waals surface area contributed by atoms with Crippen molar-refractivity contribution in [3.05, 3.63) is 223 Å². The molecular formula is C58H40N2. The van der Waals surface area contributed by atoms with Gasteiger partial charge in [-0.2, -0.15) is 0 Å². The Kier molecular flexibility index (Phi) is 8.75. The van der Waals surface area contributed by atoms with E-state index in [1.807, 2.05) is 6.20 Å². The standard InChI is InChI=1S/C58H40N2/c1-2-15-53-51(57-54(60(53)47-22-7-4-8-23-47)34-35-59-58(57)42-18-5-3-6-19-42)33-27-39-26-32-50-52(36-39)56(46-31-29-41-17-10-12-21-44(41)38-46)49-25-14-13-24-48(49)55(50)45-30-28-40-16-9-11-20-43(40)37-45/h2-38H,1H3/b15-2-,33-27+. The molecule has 0 aliphatic heterocycles. The van der Waals surface area contributed by atoms with Crippen molar-refractivity contribution in [1.29, 1.82) is 0 Å². The van der Waals surface area contributed by atoms with Gasteiger partial charge in [0.25, 0.3) is 0 Å². The van der Waals surface area contributed by atoms with Crippen molar-refractivity contribution >= 4 is 72.2 Å². The minimum atomic E-state index is 0.969. The van der Waals surface area contributed by atoms with Crippen molar-refractivity contribution in [2.45, 2.75) is 6.92 Å². The van der Waals surface area contributed by atoms with Crippen molar-refractivity contribution < 1.29 is 0 Å². The summed E-state index contributed by atoms with van der Waals surface area (Å²) in [5, 5.41) is 11.0. The number of fused-ring (bicyclic) bond motifs is 5. The number of nitrogens with zero attached hydrogens (tertiary/aromatic N) is 2. The lowest BCUT2D eigenvalue weighted by Crippen LogP contribution is -1.96. The molecule has 60 heavy (non-hydrogen) atoms. The summed E-state index contributed by atoms with van der Waals surface area (Å²) in [6.07, 6.45) is 10.9. The molecule has 0 aliphatic rings. The fourth-order valence-electron chi connectivity index (χ4n) is 9.23. The fourth-order valence-corrected chi connectivity index (χ4v) is 9.23. The van der Waals surface area contributed by atoms with E-state index in [-0.39, 0.29) is 0 Å². The topological polar surface area (TPSA) is 17.8 Å². The number of benzene rings is 9. The summed E-state index contributed by atoms with van der Waals surface area (Å²) >= 11 is 0. The van der Waals surface area contributed by atoms with Crippen LogP contribution < -0.4 is 0 Å². The van der Waals surface area contributed by atoms with Gasteiger partial charge in [-0.05, 0) is 120 Å². The third-order valence-electron chi connectivity index (χ3n) is 11.9. The fraction of sp³-hybridized carbons (Fsp3) is 0.0172. The summed E-state index contributed by atoms with van der Waals surface area (Å²) in [4.78, 5) is 5.02. The Morgan fingerprint density at radius 1 is 0.433 bits per heavy atom. The first-order valence-corrected chi connectivity index (χ1v) is 20.7. The molecule has 0 saturated carbocycles. The van der Waals surface area contributed by atoms with Crippen LogP contribution in [0.15, 0.2) is 206 Å². The third-order valence-corrected chi connectivity index (χ3v) is 11.9. The summed E-state index contributed by atoms with van der Waals surface area (Å²) in [5.41, 5.74) is 12.6. The molecule has 0 fully saturated rings. The second-order valence-corrected chi connectivity index (χ2v) is 15.4. The maximum absolute atomic E-state index is 5.02. The van der Waals surface area contributed by atoms with Crippen LogP contribution in [0.2, 0.25) is 0 Å². The summed E-state index contributed by atoms with van der Waals surface area (Å²) in [6, 6.07) is 70.4. The number of hydrogen-bond donors (Lipinski definition) is 0. The van der Waals surface area contributed by atoms with Gasteiger partial charge in [-0.3, -0.25) is 4.98 Å². The van der Waals surface area contributed by atoms with Gasteiger partial charge in [-0.15, -0.1) is 0 Å². The number of aromatic nitrogens is 2. The predicted octanol–water partition coefficient (Wildman–Crippen LogP) is 15.8. The normalized spacial score (nSPS) is 11.9. The van der Waals surface area contributed by atoms with Crippen LogP contribution in [0, 0.1) is 0 Å². The second kappa shape index (κ2) is 14.8. The monoisotopic (exact) mass is 764 g/mol. The van der Waals surface area contributed by atoms with Gasteiger partial charge in [0.15, 0.2) is 0 Å². The van der Waals surface area contributed by atoms with Crippen molar-refractivity contribution in [2.24, 2.45) is 0 Å². The zero-order chi connectivity index (χ0) is 40.0. The zero-order valence-corrected chi connectivity index (χ0v) is 33.3. The molecule has 0 unspecified atom stereocenters. The minimum absolute atomic E-state index is 0.969. The van der Waals surface area contributed by atoms with E-state index in [0.29, 0.717) is 0 Å².